The Labute approximate surface area is 221 Å². The van der Waals surface area contributed by atoms with Crippen LogP contribution in [0.25, 0.3) is 16.8 Å². The molecule has 1 saturated heterocycles. The predicted molar refractivity (Wildman–Crippen MR) is 149 cm³/mol. The van der Waals surface area contributed by atoms with Gasteiger partial charge in [-0.1, -0.05) is 58.4 Å². The van der Waals surface area contributed by atoms with Crippen LogP contribution in [0.4, 0.5) is 10.1 Å². The van der Waals surface area contributed by atoms with Gasteiger partial charge in [-0.2, -0.15) is 0 Å². The third-order valence-electron chi connectivity index (χ3n) is 5.78. The van der Waals surface area contributed by atoms with Crippen LogP contribution in [0.3, 0.4) is 0 Å². The van der Waals surface area contributed by atoms with Crippen LogP contribution in [0.15, 0.2) is 99.3 Å². The summed E-state index contributed by atoms with van der Waals surface area (Å²) in [7, 11) is 0. The zero-order valence-corrected chi connectivity index (χ0v) is 21.9. The van der Waals surface area contributed by atoms with Crippen molar-refractivity contribution in [1.82, 2.24) is 4.90 Å². The molecule has 0 unspecified atom stereocenters. The molecule has 0 saturated carbocycles. The third-order valence-corrected chi connectivity index (χ3v) is 7.28. The smallest absolute Gasteiger partial charge is 0.266 e. The molecule has 4 aromatic rings. The lowest BCUT2D eigenvalue weighted by molar-refractivity contribution is -0.122. The summed E-state index contributed by atoms with van der Waals surface area (Å²) in [6.07, 6.45) is 1.84. The van der Waals surface area contributed by atoms with E-state index in [1.54, 1.807) is 17.0 Å². The van der Waals surface area contributed by atoms with Gasteiger partial charge in [-0.3, -0.25) is 9.69 Å². The summed E-state index contributed by atoms with van der Waals surface area (Å²) in [4.78, 5) is 19.9. The zero-order chi connectivity index (χ0) is 25.1. The number of carbonyl (C=O) groups excluding carboxylic acids is 1. The summed E-state index contributed by atoms with van der Waals surface area (Å²) in [6, 6.07) is 26.1. The van der Waals surface area contributed by atoms with Crippen molar-refractivity contribution < 1.29 is 13.9 Å². The van der Waals surface area contributed by atoms with Gasteiger partial charge < -0.3 is 4.74 Å². The average molecular weight is 561 g/mol. The number of nitrogens with zero attached hydrogens (tertiary/aromatic N) is 2. The summed E-state index contributed by atoms with van der Waals surface area (Å²) in [5, 5.41) is 2.88. The van der Waals surface area contributed by atoms with Gasteiger partial charge in [-0.15, -0.1) is 0 Å². The molecule has 1 aliphatic heterocycles. The molecule has 1 amide bonds. The van der Waals surface area contributed by atoms with Crippen molar-refractivity contribution in [2.75, 3.05) is 6.54 Å². The monoisotopic (exact) mass is 560 g/mol. The molecule has 5 rings (SSSR count). The minimum absolute atomic E-state index is 0.122. The molecule has 7 heteroatoms. The molecule has 0 atom stereocenters. The van der Waals surface area contributed by atoms with E-state index >= 15 is 0 Å². The molecule has 180 valence electrons. The van der Waals surface area contributed by atoms with E-state index < -0.39 is 0 Å². The van der Waals surface area contributed by atoms with E-state index in [0.29, 0.717) is 34.7 Å². The molecular formula is C29H22BrFN2O2S. The molecule has 4 nitrogen and oxygen atoms in total. The highest BCUT2D eigenvalue weighted by molar-refractivity contribution is 9.10. The van der Waals surface area contributed by atoms with E-state index in [2.05, 4.69) is 45.2 Å². The molecule has 0 radical (unpaired) electrons. The number of hydrogen-bond acceptors (Lipinski definition) is 4. The number of thioether (sulfide) groups is 1. The maximum absolute atomic E-state index is 13.3. The number of hydrogen-bond donors (Lipinski definition) is 0. The molecule has 1 heterocycles. The van der Waals surface area contributed by atoms with Gasteiger partial charge in [-0.05, 0) is 83.6 Å². The van der Waals surface area contributed by atoms with Gasteiger partial charge >= 0.3 is 0 Å². The highest BCUT2D eigenvalue weighted by Gasteiger charge is 2.32. The lowest BCUT2D eigenvalue weighted by Gasteiger charge is -2.13. The molecule has 4 aromatic carbocycles. The molecule has 0 aromatic heterocycles. The number of fused-ring (bicyclic) bond motifs is 1. The molecule has 1 fully saturated rings. The highest BCUT2D eigenvalue weighted by atomic mass is 79.9. The quantitative estimate of drug-likeness (QED) is 0.225. The Bertz CT molecular complexity index is 1500. The van der Waals surface area contributed by atoms with E-state index in [1.807, 2.05) is 49.4 Å². The molecular weight excluding hydrogens is 539 g/mol. The average Bonchev–Trinajstić information content (AvgIpc) is 3.18. The van der Waals surface area contributed by atoms with Gasteiger partial charge in [0.25, 0.3) is 5.91 Å². The number of ether oxygens (including phenoxy) is 1. The van der Waals surface area contributed by atoms with Crippen LogP contribution >= 0.6 is 27.7 Å². The van der Waals surface area contributed by atoms with Crippen LogP contribution in [0, 0.1) is 5.82 Å². The van der Waals surface area contributed by atoms with Gasteiger partial charge in [0.15, 0.2) is 5.17 Å². The van der Waals surface area contributed by atoms with Gasteiger partial charge in [0.2, 0.25) is 0 Å². The van der Waals surface area contributed by atoms with E-state index in [-0.39, 0.29) is 11.7 Å². The van der Waals surface area contributed by atoms with Gasteiger partial charge in [-0.25, -0.2) is 9.38 Å². The zero-order valence-electron chi connectivity index (χ0n) is 19.4. The number of benzene rings is 4. The maximum Gasteiger partial charge on any atom is 0.266 e. The van der Waals surface area contributed by atoms with Crippen molar-refractivity contribution in [1.29, 1.82) is 0 Å². The highest BCUT2D eigenvalue weighted by Crippen LogP contribution is 2.36. The number of rotatable bonds is 6. The lowest BCUT2D eigenvalue weighted by atomic mass is 10.1. The number of halogens is 2. The van der Waals surface area contributed by atoms with Gasteiger partial charge in [0.05, 0.1) is 10.6 Å². The van der Waals surface area contributed by atoms with E-state index in [1.165, 1.54) is 23.9 Å². The van der Waals surface area contributed by atoms with Crippen molar-refractivity contribution in [3.63, 3.8) is 0 Å². The van der Waals surface area contributed by atoms with E-state index in [4.69, 9.17) is 4.74 Å². The fraction of sp³-hybridized carbons (Fsp3) is 0.103. The van der Waals surface area contributed by atoms with Crippen LogP contribution < -0.4 is 4.74 Å². The van der Waals surface area contributed by atoms with Crippen LogP contribution in [-0.2, 0) is 11.4 Å². The minimum atomic E-state index is -0.326. The minimum Gasteiger partial charge on any atom is -0.488 e. The first kappa shape index (κ1) is 24.3. The Kier molecular flexibility index (Phi) is 7.20. The second-order valence-corrected chi connectivity index (χ2v) is 10.1. The second kappa shape index (κ2) is 10.7. The third kappa shape index (κ3) is 5.22. The molecule has 36 heavy (non-hydrogen) atoms. The van der Waals surface area contributed by atoms with E-state index in [9.17, 15) is 9.18 Å². The van der Waals surface area contributed by atoms with Crippen molar-refractivity contribution in [3.8, 4) is 5.75 Å². The summed E-state index contributed by atoms with van der Waals surface area (Å²) in [5.41, 5.74) is 2.47. The van der Waals surface area contributed by atoms with Gasteiger partial charge in [0.1, 0.15) is 18.2 Å². The summed E-state index contributed by atoms with van der Waals surface area (Å²) in [6.45, 7) is 2.78. The summed E-state index contributed by atoms with van der Waals surface area (Å²) in [5.74, 6) is 0.232. The Hall–Kier alpha value is -3.42. The molecule has 0 bridgehead atoms. The SMILES string of the molecule is CCN1C(=O)/C(=C\c2cc(Br)ccc2OCc2cccc3ccccc23)SC1=Nc1ccc(F)cc1. The van der Waals surface area contributed by atoms with Crippen molar-refractivity contribution in [2.45, 2.75) is 13.5 Å². The van der Waals surface area contributed by atoms with Gasteiger partial charge in [0, 0.05) is 16.6 Å². The first-order valence-electron chi connectivity index (χ1n) is 11.5. The van der Waals surface area contributed by atoms with Crippen LogP contribution in [-0.4, -0.2) is 22.5 Å². The normalized spacial score (nSPS) is 15.9. The summed E-state index contributed by atoms with van der Waals surface area (Å²) >= 11 is 4.83. The maximum atomic E-state index is 13.3. The molecule has 0 aliphatic carbocycles. The topological polar surface area (TPSA) is 41.9 Å². The second-order valence-electron chi connectivity index (χ2n) is 8.14. The predicted octanol–water partition coefficient (Wildman–Crippen LogP) is 7.94. The standard InChI is InChI=1S/C29H22BrFN2O2S/c1-2-33-28(34)27(36-29(33)32-24-13-11-23(31)12-14-24)17-21-16-22(30)10-15-26(21)35-18-20-8-5-7-19-6-3-4-9-25(19)20/h3-17H,2,18H2,1H3/b27-17+,32-29?. The Morgan fingerprint density at radius 1 is 1.03 bits per heavy atom. The van der Waals surface area contributed by atoms with Crippen LogP contribution in [0.5, 0.6) is 5.75 Å². The van der Waals surface area contributed by atoms with Crippen LogP contribution in [0.2, 0.25) is 0 Å². The van der Waals surface area contributed by atoms with Crippen molar-refractivity contribution in [2.24, 2.45) is 4.99 Å². The lowest BCUT2D eigenvalue weighted by Crippen LogP contribution is -2.28. The van der Waals surface area contributed by atoms with E-state index in [0.717, 1.165) is 26.4 Å². The van der Waals surface area contributed by atoms with Crippen molar-refractivity contribution in [3.05, 3.63) is 111 Å². The molecule has 0 spiro atoms. The Balaban J connectivity index is 1.43. The first-order valence-corrected chi connectivity index (χ1v) is 13.1. The Morgan fingerprint density at radius 2 is 1.81 bits per heavy atom. The number of aliphatic imine (C=N–C) groups is 1. The number of carbonyl (C=O) groups is 1. The molecule has 0 N–H and O–H groups in total. The number of amides is 1. The van der Waals surface area contributed by atoms with Crippen molar-refractivity contribution >= 4 is 61.3 Å². The number of likely N-dealkylation sites (N-methyl/N-ethyl adjacent to an activating group) is 1. The number of amidine groups is 1. The first-order chi connectivity index (χ1) is 17.5. The summed E-state index contributed by atoms with van der Waals surface area (Å²) < 4.78 is 20.4. The Morgan fingerprint density at radius 3 is 2.61 bits per heavy atom. The fourth-order valence-electron chi connectivity index (χ4n) is 3.97. The fourth-order valence-corrected chi connectivity index (χ4v) is 5.41. The van der Waals surface area contributed by atoms with Crippen LogP contribution in [0.1, 0.15) is 18.1 Å². The largest absolute Gasteiger partial charge is 0.488 e. The molecule has 1 aliphatic rings.